The van der Waals surface area contributed by atoms with Crippen LogP contribution in [0.2, 0.25) is 0 Å². The molecular weight excluding hydrogens is 2570 g/mol. The maximum absolute atomic E-state index is 10.2. The van der Waals surface area contributed by atoms with E-state index in [9.17, 15) is 30.6 Å². The topological polar surface area (TPSA) is 314 Å². The standard InChI is InChI=1S/C21H23I2N3O.C20H21Cl2N3O.C20H19I2N3O2.C19H19I2N3O.C18H17I2N3O/c1-12(22)21(27)16(23)7-8-17-13-5-3-2-4-6-14(13)20-15-11-24-26-18(15)9-10-19(20)25-17;1-11(21)20(26)15(22)6-7-16-12-4-2-3-5-13(12)19-14-10-23-25-17(14)8-9-18(19)24-16;1-10(21)20(27)15(22)4-5-16-13-8-11(26)2-3-12(13)19-14-9-23-25-17(14)6-7-18(19)24-16;1-2-17-13(11-23-24-17)7-8-22-18(12-5-3-4-6-12)14-9-15(20)19(25)16(21)10-14;1-2-16-12(10-22-23-16)6-7-21-17(11-4-3-5-11)13-8-14(19)18(24)15(20)9-13/h7-11,15,17-18,25-27H,1-6H2;6-10,14,16-17,24-26H,1-5H2;4-7,9,11,14,17,25-27H,1-3,8H2;2,5,7-11,15,19,25H,1,3-4,6H2,(H,23,24);2,4,6-10,14,18,24H,1,3,5H2,(H,22,23)/b8-7+,21-16-;7-6+,20-15-;5-4+,20-15-;8-7+,22-18?;7-6+,21-17?. The number of hydrogen-bond donors (Lipinski definition) is 13. The smallest absolute Gasteiger partial charge is 0.152 e. The molecule has 0 spiro atoms. The minimum Gasteiger partial charge on any atom is -0.506 e. The van der Waals surface area contributed by atoms with Gasteiger partial charge >= 0.3 is 0 Å². The maximum Gasteiger partial charge on any atom is 0.152 e. The van der Waals surface area contributed by atoms with Crippen molar-refractivity contribution >= 4 is 270 Å². The third-order valence-electron chi connectivity index (χ3n) is 24.4. The molecule has 0 saturated carbocycles. The van der Waals surface area contributed by atoms with Crippen molar-refractivity contribution in [2.24, 2.45) is 37.1 Å². The summed E-state index contributed by atoms with van der Waals surface area (Å²) in [5.41, 5.74) is 36.5. The highest BCUT2D eigenvalue weighted by Gasteiger charge is 2.41. The summed E-state index contributed by atoms with van der Waals surface area (Å²) in [5, 5.41) is 94.8. The first-order valence-corrected chi connectivity index (χ1v) is 52.5. The number of fused-ring (bicyclic) bond motifs is 11. The molecule has 129 heavy (non-hydrogen) atoms. The van der Waals surface area contributed by atoms with E-state index in [2.05, 4.69) is 327 Å². The summed E-state index contributed by atoms with van der Waals surface area (Å²) in [6, 6.07) is 0.950. The number of H-pyrrole nitrogens is 2. The first-order chi connectivity index (χ1) is 62.3. The summed E-state index contributed by atoms with van der Waals surface area (Å²) >= 11 is 29.1. The van der Waals surface area contributed by atoms with E-state index in [1.165, 1.54) is 99.9 Å². The zero-order chi connectivity index (χ0) is 91.3. The predicted octanol–water partition coefficient (Wildman–Crippen LogP) is 23.6. The maximum atomic E-state index is 10.2. The molecule has 13 unspecified atom stereocenters. The molecule has 3 aromatic rings. The Hall–Kier alpha value is -6.14. The highest BCUT2D eigenvalue weighted by molar-refractivity contribution is 14.1. The van der Waals surface area contributed by atoms with E-state index >= 15 is 0 Å². The Morgan fingerprint density at radius 3 is 1.53 bits per heavy atom. The average molecular weight is 2670 g/mol. The number of aliphatic hydroxyl groups is 6. The fourth-order valence-corrected chi connectivity index (χ4v) is 25.1. The number of dihydropyridines is 2. The van der Waals surface area contributed by atoms with Crippen LogP contribution < -0.4 is 26.9 Å². The zero-order valence-electron chi connectivity index (χ0n) is 70.3. The molecule has 0 aromatic carbocycles. The quantitative estimate of drug-likeness (QED) is 0.0175. The Balaban J connectivity index is 0.000000130. The van der Waals surface area contributed by atoms with Gasteiger partial charge in [0.05, 0.1) is 120 Å². The van der Waals surface area contributed by atoms with Crippen LogP contribution in [0.5, 0.6) is 0 Å². The van der Waals surface area contributed by atoms with E-state index < -0.39 is 12.2 Å². The van der Waals surface area contributed by atoms with Crippen LogP contribution in [-0.2, 0) is 12.8 Å². The lowest BCUT2D eigenvalue weighted by Gasteiger charge is -2.38. The SMILES string of the molecule is C=C(Cl)/C(O)=C(Cl)\C=C\C1NC2=C(C3=C1CCCC3)C1C=NNC1C=C2.C=C(I)/C(O)=C(I)\C=C\C1NC2=C(C3=C1CCCCC3)C1C=NNC1C=C2.C=C(I)/C(O)=C(I)\C=C\c1nc2c(c3c1CC(O)CC3)C1C=NNC1C=C2.C=Cc1[nH]ncc1/C=C/N=C(C1=CC(I)C(O)C(I)=C1)C1=CCC1.C=Cc1[nH]ncc1/C=C/N=C(C1=CC(I)C(O)C(I)=C1)C1=CCCC1. The Morgan fingerprint density at radius 1 is 0.543 bits per heavy atom. The molecule has 8 heterocycles. The van der Waals surface area contributed by atoms with Crippen LogP contribution in [0.15, 0.2) is 296 Å². The second-order valence-electron chi connectivity index (χ2n) is 32.6. The molecule has 672 valence electrons. The van der Waals surface area contributed by atoms with E-state index in [0.717, 1.165) is 143 Å². The summed E-state index contributed by atoms with van der Waals surface area (Å²) in [5.74, 6) is 1.07. The van der Waals surface area contributed by atoms with Crippen molar-refractivity contribution in [2.75, 3.05) is 0 Å². The number of pyridine rings is 1. The number of hydrogen-bond acceptors (Lipinski definition) is 19. The molecule has 21 nitrogen and oxygen atoms in total. The van der Waals surface area contributed by atoms with Gasteiger partial charge in [-0.05, 0) is 383 Å². The van der Waals surface area contributed by atoms with Crippen LogP contribution in [0.1, 0.15) is 153 Å². The summed E-state index contributed by atoms with van der Waals surface area (Å²) in [6.07, 6.45) is 74.9. The van der Waals surface area contributed by atoms with Gasteiger partial charge in [0, 0.05) is 92.1 Å². The van der Waals surface area contributed by atoms with Crippen molar-refractivity contribution in [3.05, 3.63) is 321 Å². The number of halogens is 10. The summed E-state index contributed by atoms with van der Waals surface area (Å²) in [4.78, 5) is 14.4. The number of nitrogens with one attached hydrogen (secondary N) is 7. The molecule has 3 aromatic heterocycles. The lowest BCUT2D eigenvalue weighted by atomic mass is 9.73. The van der Waals surface area contributed by atoms with Crippen molar-refractivity contribution in [3.63, 3.8) is 0 Å². The lowest BCUT2D eigenvalue weighted by molar-refractivity contribution is 0.158. The van der Waals surface area contributed by atoms with Gasteiger partial charge in [0.15, 0.2) is 5.76 Å². The van der Waals surface area contributed by atoms with Gasteiger partial charge in [-0.2, -0.15) is 25.5 Å². The number of aliphatic hydroxyl groups excluding tert-OH is 6. The Bertz CT molecular complexity index is 5860. The predicted molar refractivity (Wildman–Crippen MR) is 598 cm³/mol. The molecule has 13 N–H and O–H groups in total. The molecular formula is C98H99Cl2I8N15O6. The molecule has 15 aliphatic rings. The summed E-state index contributed by atoms with van der Waals surface area (Å²) in [6.45, 7) is 18.6. The van der Waals surface area contributed by atoms with Crippen LogP contribution in [0.4, 0.5) is 0 Å². The van der Waals surface area contributed by atoms with Crippen LogP contribution in [0.25, 0.3) is 36.5 Å². The molecule has 31 heteroatoms. The van der Waals surface area contributed by atoms with E-state index in [4.69, 9.17) is 38.2 Å². The molecule has 0 amide bonds. The van der Waals surface area contributed by atoms with Gasteiger partial charge in [-0.25, -0.2) is 4.98 Å². The minimum atomic E-state index is -0.430. The van der Waals surface area contributed by atoms with Crippen molar-refractivity contribution in [2.45, 2.75) is 171 Å². The van der Waals surface area contributed by atoms with Gasteiger partial charge in [0.25, 0.3) is 0 Å². The van der Waals surface area contributed by atoms with Crippen molar-refractivity contribution in [3.8, 4) is 0 Å². The van der Waals surface area contributed by atoms with Crippen LogP contribution in [0, 0.1) is 11.8 Å². The second-order valence-corrected chi connectivity index (χ2v) is 43.7. The molecule has 10 aliphatic carbocycles. The zero-order valence-corrected chi connectivity index (χ0v) is 89.1. The number of aromatic nitrogens is 5. The highest BCUT2D eigenvalue weighted by Crippen LogP contribution is 2.47. The average Bonchev–Trinajstić information content (AvgIpc) is 1.70. The second kappa shape index (κ2) is 46.4. The minimum absolute atomic E-state index is 0.0353. The molecule has 5 aliphatic heterocycles. The van der Waals surface area contributed by atoms with Gasteiger partial charge in [0.1, 0.15) is 11.5 Å². The van der Waals surface area contributed by atoms with E-state index in [1.807, 2.05) is 89.8 Å². The number of hydrazone groups is 3. The number of alkyl halides is 2. The fraction of sp³-hybridized carbons (Fsp3) is 0.306. The summed E-state index contributed by atoms with van der Waals surface area (Å²) in [7, 11) is 0. The van der Waals surface area contributed by atoms with Gasteiger partial charge in [0.2, 0.25) is 0 Å². The Morgan fingerprint density at radius 2 is 1.03 bits per heavy atom. The van der Waals surface area contributed by atoms with Gasteiger partial charge < -0.3 is 57.6 Å². The Kier molecular flexibility index (Phi) is 35.6. The number of rotatable bonds is 19. The molecule has 0 bridgehead atoms. The van der Waals surface area contributed by atoms with Crippen molar-refractivity contribution < 1.29 is 30.6 Å². The lowest BCUT2D eigenvalue weighted by Crippen LogP contribution is -2.40. The Labute approximate surface area is 872 Å². The van der Waals surface area contributed by atoms with E-state index in [0.29, 0.717) is 29.0 Å². The molecule has 0 radical (unpaired) electrons. The van der Waals surface area contributed by atoms with Gasteiger partial charge in [-0.15, -0.1) is 0 Å². The molecule has 18 rings (SSSR count). The van der Waals surface area contributed by atoms with Crippen molar-refractivity contribution in [1.29, 1.82) is 0 Å². The van der Waals surface area contributed by atoms with Gasteiger partial charge in [-0.1, -0.05) is 162 Å². The number of nitrogens with zero attached hydrogens (tertiary/aromatic N) is 8. The van der Waals surface area contributed by atoms with Gasteiger partial charge in [-0.3, -0.25) is 20.2 Å². The monoisotopic (exact) mass is 2670 g/mol. The third-order valence-corrected chi connectivity index (χ3v) is 31.6. The third kappa shape index (κ3) is 23.9. The summed E-state index contributed by atoms with van der Waals surface area (Å²) < 4.78 is 4.80. The van der Waals surface area contributed by atoms with E-state index in [-0.39, 0.29) is 77.4 Å². The number of aromatic amines is 2. The molecule has 0 fully saturated rings. The molecule has 13 atom stereocenters. The molecule has 0 saturated heterocycles. The van der Waals surface area contributed by atoms with E-state index in [1.54, 1.807) is 36.8 Å². The first kappa shape index (κ1) is 98.8. The first-order valence-electron chi connectivity index (χ1n) is 42.7. The highest BCUT2D eigenvalue weighted by atomic mass is 127. The van der Waals surface area contributed by atoms with Crippen LogP contribution in [0.3, 0.4) is 0 Å². The number of allylic oxidation sites excluding steroid dienone is 21. The normalized spacial score (nSPS) is 27.2. The fourth-order valence-electron chi connectivity index (χ4n) is 17.7. The van der Waals surface area contributed by atoms with Crippen molar-refractivity contribution in [1.82, 2.24) is 52.3 Å². The number of aliphatic imine (C=N–C) groups is 2. The van der Waals surface area contributed by atoms with Crippen LogP contribution in [-0.4, -0.2) is 142 Å². The largest absolute Gasteiger partial charge is 0.506 e. The van der Waals surface area contributed by atoms with Crippen LogP contribution >= 0.6 is 204 Å².